The monoisotopic (exact) mass is 556 g/mol. The number of alkyl halides is 3. The first kappa shape index (κ1) is 31.3. The van der Waals surface area contributed by atoms with Gasteiger partial charge in [-0.3, -0.25) is 0 Å². The van der Waals surface area contributed by atoms with E-state index in [0.717, 1.165) is 25.3 Å². The van der Waals surface area contributed by atoms with Gasteiger partial charge in [-0.25, -0.2) is 9.59 Å². The van der Waals surface area contributed by atoms with Gasteiger partial charge in [0.2, 0.25) is 0 Å². The molecule has 0 aliphatic carbocycles. The lowest BCUT2D eigenvalue weighted by molar-refractivity contribution is -0.0500. The van der Waals surface area contributed by atoms with E-state index in [1.54, 1.807) is 0 Å². The Kier molecular flexibility index (Phi) is 11.9. The Balaban J connectivity index is 0.000000397. The molecule has 0 spiro atoms. The quantitative estimate of drug-likeness (QED) is 0.198. The van der Waals surface area contributed by atoms with Crippen LogP contribution in [0.4, 0.5) is 13.2 Å². The van der Waals surface area contributed by atoms with Crippen molar-refractivity contribution in [2.24, 2.45) is 0 Å². The zero-order valence-corrected chi connectivity index (χ0v) is 20.7. The Morgan fingerprint density at radius 3 is 1.70 bits per heavy atom. The van der Waals surface area contributed by atoms with Crippen molar-refractivity contribution in [1.29, 1.82) is 0 Å². The number of hydrogen-bond acceptors (Lipinski definition) is 12. The van der Waals surface area contributed by atoms with Gasteiger partial charge in [0.05, 0.1) is 14.2 Å². The molecule has 0 radical (unpaired) electrons. The molecule has 206 valence electrons. The van der Waals surface area contributed by atoms with E-state index in [-0.39, 0.29) is 36.2 Å². The first-order chi connectivity index (χ1) is 17.3. The zero-order chi connectivity index (χ0) is 28.2. The van der Waals surface area contributed by atoms with Gasteiger partial charge in [0.15, 0.2) is 13.6 Å². The Morgan fingerprint density at radius 1 is 0.811 bits per heavy atom. The fourth-order valence-corrected chi connectivity index (χ4v) is 2.74. The largest absolute Gasteiger partial charge is 0.534 e. The number of halogens is 3. The van der Waals surface area contributed by atoms with E-state index in [0.29, 0.717) is 5.75 Å². The molecule has 0 bridgehead atoms. The highest BCUT2D eigenvalue weighted by atomic mass is 32.2. The van der Waals surface area contributed by atoms with Crippen molar-refractivity contribution < 1.29 is 68.9 Å². The fourth-order valence-electron chi connectivity index (χ4n) is 2.29. The van der Waals surface area contributed by atoms with Gasteiger partial charge in [-0.05, 0) is 30.3 Å². The molecule has 0 unspecified atom stereocenters. The van der Waals surface area contributed by atoms with E-state index in [4.69, 9.17) is 14.2 Å². The van der Waals surface area contributed by atoms with Crippen molar-refractivity contribution in [3.8, 4) is 23.0 Å². The van der Waals surface area contributed by atoms with Crippen LogP contribution in [0, 0.1) is 0 Å². The molecule has 0 saturated carbocycles. The van der Waals surface area contributed by atoms with Gasteiger partial charge in [-0.2, -0.15) is 21.6 Å². The molecule has 0 heterocycles. The van der Waals surface area contributed by atoms with Gasteiger partial charge in [0.1, 0.15) is 34.1 Å². The molecule has 2 aromatic rings. The van der Waals surface area contributed by atoms with Gasteiger partial charge in [0.25, 0.3) is 0 Å². The molecule has 12 nitrogen and oxygen atoms in total. The predicted octanol–water partition coefficient (Wildman–Crippen LogP) is 2.85. The molecule has 0 saturated heterocycles. The van der Waals surface area contributed by atoms with Crippen LogP contribution in [0.15, 0.2) is 36.4 Å². The topological polar surface area (TPSA) is 153 Å². The minimum absolute atomic E-state index is 0.0226. The summed E-state index contributed by atoms with van der Waals surface area (Å²) in [6.07, 6.45) is 0. The van der Waals surface area contributed by atoms with E-state index >= 15 is 0 Å². The summed E-state index contributed by atoms with van der Waals surface area (Å²) in [6, 6.07) is 6.85. The lowest BCUT2D eigenvalue weighted by Crippen LogP contribution is -2.28. The summed E-state index contributed by atoms with van der Waals surface area (Å²) in [5.74, 6) is -2.05. The molecular weight excluding hydrogens is 533 g/mol. The number of phenolic OH excluding ortho intramolecular Hbond substituents is 1. The second-order valence-electron chi connectivity index (χ2n) is 6.41. The second-order valence-corrected chi connectivity index (χ2v) is 7.94. The number of phenols is 1. The summed E-state index contributed by atoms with van der Waals surface area (Å²) < 4.78 is 90.9. The Hall–Kier alpha value is -3.76. The fraction of sp³-hybridized carbons (Fsp3) is 0.333. The highest BCUT2D eigenvalue weighted by Crippen LogP contribution is 2.30. The smallest absolute Gasteiger partial charge is 0.508 e. The van der Waals surface area contributed by atoms with Gasteiger partial charge in [0, 0.05) is 20.3 Å². The van der Waals surface area contributed by atoms with Crippen LogP contribution in [0.2, 0.25) is 0 Å². The van der Waals surface area contributed by atoms with Crippen LogP contribution in [0.5, 0.6) is 23.0 Å². The SMILES string of the molecule is COCOc1ccc(O)cc1C(=O)OC.COCOc1ccc(OS(=O)(=O)C(F)(F)F)cc1C(=O)OC. The molecule has 16 heteroatoms. The van der Waals surface area contributed by atoms with Crippen molar-refractivity contribution in [2.45, 2.75) is 5.51 Å². The predicted molar refractivity (Wildman–Crippen MR) is 118 cm³/mol. The number of carbonyl (C=O) groups excluding carboxylic acids is 2. The molecule has 2 aromatic carbocycles. The number of aromatic hydroxyl groups is 1. The van der Waals surface area contributed by atoms with E-state index in [9.17, 15) is 36.3 Å². The summed E-state index contributed by atoms with van der Waals surface area (Å²) >= 11 is 0. The van der Waals surface area contributed by atoms with Crippen molar-refractivity contribution in [1.82, 2.24) is 0 Å². The van der Waals surface area contributed by atoms with Crippen molar-refractivity contribution in [3.05, 3.63) is 47.5 Å². The second kappa shape index (κ2) is 14.1. The van der Waals surface area contributed by atoms with Crippen LogP contribution >= 0.6 is 0 Å². The summed E-state index contributed by atoms with van der Waals surface area (Å²) in [6.45, 7) is -0.222. The summed E-state index contributed by atoms with van der Waals surface area (Å²) in [5, 5.41) is 9.21. The first-order valence-electron chi connectivity index (χ1n) is 9.69. The van der Waals surface area contributed by atoms with Crippen LogP contribution in [0.25, 0.3) is 0 Å². The molecule has 2 rings (SSSR count). The maximum absolute atomic E-state index is 12.2. The lowest BCUT2D eigenvalue weighted by atomic mass is 10.2. The molecule has 0 atom stereocenters. The van der Waals surface area contributed by atoms with E-state index < -0.39 is 33.3 Å². The number of rotatable bonds is 10. The van der Waals surface area contributed by atoms with Gasteiger partial charge < -0.3 is 37.7 Å². The molecule has 37 heavy (non-hydrogen) atoms. The summed E-state index contributed by atoms with van der Waals surface area (Å²) in [4.78, 5) is 22.8. The third kappa shape index (κ3) is 9.32. The first-order valence-corrected chi connectivity index (χ1v) is 11.1. The average molecular weight is 556 g/mol. The van der Waals surface area contributed by atoms with E-state index in [1.165, 1.54) is 39.5 Å². The number of benzene rings is 2. The normalized spacial score (nSPS) is 11.0. The molecule has 1 N–H and O–H groups in total. The van der Waals surface area contributed by atoms with Crippen LogP contribution in [-0.2, 0) is 29.1 Å². The Morgan fingerprint density at radius 2 is 1.27 bits per heavy atom. The van der Waals surface area contributed by atoms with Crippen molar-refractivity contribution in [3.63, 3.8) is 0 Å². The molecule has 0 aliphatic rings. The third-order valence-corrected chi connectivity index (χ3v) is 4.86. The standard InChI is InChI=1S/C11H11F3O7S.C10H12O5/c1-18-6-20-9-4-3-7(5-8(9)10(15)19-2)21-22(16,17)11(12,13)14;1-13-6-15-9-4-3-7(11)5-8(9)10(12)14-2/h3-5H,6H2,1-2H3;3-5,11H,6H2,1-2H3. The third-order valence-electron chi connectivity index (χ3n) is 3.88. The van der Waals surface area contributed by atoms with Gasteiger partial charge in [-0.1, -0.05) is 0 Å². The van der Waals surface area contributed by atoms with E-state index in [2.05, 4.69) is 18.4 Å². The summed E-state index contributed by atoms with van der Waals surface area (Å²) in [5.41, 5.74) is -5.76. The van der Waals surface area contributed by atoms with Crippen LogP contribution in [0.1, 0.15) is 20.7 Å². The minimum Gasteiger partial charge on any atom is -0.508 e. The lowest BCUT2D eigenvalue weighted by Gasteiger charge is -2.13. The molecule has 0 amide bonds. The van der Waals surface area contributed by atoms with Crippen molar-refractivity contribution >= 4 is 22.1 Å². The molecule has 0 fully saturated rings. The minimum atomic E-state index is -5.85. The molecule has 0 aliphatic heterocycles. The number of ether oxygens (including phenoxy) is 6. The van der Waals surface area contributed by atoms with Crippen molar-refractivity contribution in [2.75, 3.05) is 42.0 Å². The maximum Gasteiger partial charge on any atom is 0.534 e. The molecule has 0 aromatic heterocycles. The van der Waals surface area contributed by atoms with Crippen LogP contribution in [-0.4, -0.2) is 73.0 Å². The highest BCUT2D eigenvalue weighted by Gasteiger charge is 2.48. The molecular formula is C21H23F3O12S. The van der Waals surface area contributed by atoms with E-state index in [1.807, 2.05) is 0 Å². The zero-order valence-electron chi connectivity index (χ0n) is 19.9. The Labute approximate surface area is 209 Å². The summed E-state index contributed by atoms with van der Waals surface area (Å²) in [7, 11) is -0.780. The Bertz CT molecular complexity index is 1170. The number of hydrogen-bond donors (Lipinski definition) is 1. The number of carbonyl (C=O) groups is 2. The number of esters is 2. The van der Waals surface area contributed by atoms with Crippen LogP contribution in [0.3, 0.4) is 0 Å². The maximum atomic E-state index is 12.2. The van der Waals surface area contributed by atoms with Gasteiger partial charge >= 0.3 is 27.6 Å². The average Bonchev–Trinajstić information content (AvgIpc) is 2.85. The number of methoxy groups -OCH3 is 4. The highest BCUT2D eigenvalue weighted by molar-refractivity contribution is 7.88. The van der Waals surface area contributed by atoms with Crippen LogP contribution < -0.4 is 13.7 Å². The van der Waals surface area contributed by atoms with Gasteiger partial charge in [-0.15, -0.1) is 0 Å².